The molecule has 0 spiro atoms. The smallest absolute Gasteiger partial charge is 0.0708 e. The minimum absolute atomic E-state index is 1.02. The highest BCUT2D eigenvalue weighted by molar-refractivity contribution is 6.37. The second-order valence-electron chi connectivity index (χ2n) is 11.1. The summed E-state index contributed by atoms with van der Waals surface area (Å²) in [6.45, 7) is 0. The molecular formula is C39H21N. The molecule has 0 aliphatic heterocycles. The zero-order valence-electron chi connectivity index (χ0n) is 21.6. The van der Waals surface area contributed by atoms with Crippen LogP contribution in [0.5, 0.6) is 0 Å². The maximum Gasteiger partial charge on any atom is 0.0708 e. The van der Waals surface area contributed by atoms with Crippen molar-refractivity contribution in [2.75, 3.05) is 0 Å². The van der Waals surface area contributed by atoms with Crippen LogP contribution in [0.1, 0.15) is 0 Å². The highest BCUT2D eigenvalue weighted by atomic mass is 14.7. The number of hydrogen-bond acceptors (Lipinski definition) is 1. The molecule has 40 heavy (non-hydrogen) atoms. The monoisotopic (exact) mass is 503 g/mol. The van der Waals surface area contributed by atoms with Gasteiger partial charge >= 0.3 is 0 Å². The van der Waals surface area contributed by atoms with Gasteiger partial charge in [0.2, 0.25) is 0 Å². The number of fused-ring (bicyclic) bond motifs is 9. The van der Waals surface area contributed by atoms with Crippen LogP contribution in [-0.4, -0.2) is 4.98 Å². The molecule has 0 aliphatic rings. The Morgan fingerprint density at radius 2 is 0.850 bits per heavy atom. The first kappa shape index (κ1) is 20.7. The first-order valence-electron chi connectivity index (χ1n) is 13.9. The highest BCUT2D eigenvalue weighted by Gasteiger charge is 2.18. The summed E-state index contributed by atoms with van der Waals surface area (Å²) >= 11 is 0. The molecule has 10 aromatic rings. The number of benzene rings is 7. The number of nitrogens with zero attached hydrogens (tertiary/aromatic N) is 1. The molecule has 10 rings (SSSR count). The molecule has 0 N–H and O–H groups in total. The third-order valence-corrected chi connectivity index (χ3v) is 9.14. The molecule has 0 aliphatic carbocycles. The van der Waals surface area contributed by atoms with Crippen LogP contribution in [0.2, 0.25) is 0 Å². The average molecular weight is 504 g/mol. The van der Waals surface area contributed by atoms with Crippen molar-refractivity contribution >= 4 is 86.2 Å². The van der Waals surface area contributed by atoms with E-state index in [2.05, 4.69) is 120 Å². The molecule has 1 aromatic heterocycles. The maximum absolute atomic E-state index is 4.66. The van der Waals surface area contributed by atoms with Gasteiger partial charge in [0.15, 0.2) is 0 Å². The predicted octanol–water partition coefficient (Wildman–Crippen LogP) is 10.8. The molecule has 1 heterocycles. The van der Waals surface area contributed by atoms with Gasteiger partial charge in [-0.2, -0.15) is 0 Å². The molecule has 0 saturated carbocycles. The van der Waals surface area contributed by atoms with Gasteiger partial charge in [0.25, 0.3) is 0 Å². The van der Waals surface area contributed by atoms with Gasteiger partial charge in [-0.3, -0.25) is 4.98 Å². The number of hydrogen-bond donors (Lipinski definition) is 0. The van der Waals surface area contributed by atoms with Gasteiger partial charge in [0, 0.05) is 11.8 Å². The fourth-order valence-corrected chi connectivity index (χ4v) is 7.44. The molecule has 0 saturated heterocycles. The van der Waals surface area contributed by atoms with Crippen LogP contribution in [0.15, 0.2) is 128 Å². The van der Waals surface area contributed by atoms with Crippen molar-refractivity contribution in [3.8, 4) is 11.3 Å². The molecule has 182 valence electrons. The van der Waals surface area contributed by atoms with E-state index in [9.17, 15) is 0 Å². The van der Waals surface area contributed by atoms with Crippen molar-refractivity contribution < 1.29 is 0 Å². The summed E-state index contributed by atoms with van der Waals surface area (Å²) in [5.74, 6) is 0. The van der Waals surface area contributed by atoms with Gasteiger partial charge in [-0.05, 0) is 129 Å². The summed E-state index contributed by atoms with van der Waals surface area (Å²) in [4.78, 5) is 4.66. The quantitative estimate of drug-likeness (QED) is 0.203. The minimum Gasteiger partial charge on any atom is -0.256 e. The van der Waals surface area contributed by atoms with E-state index < -0.39 is 0 Å². The summed E-state index contributed by atoms with van der Waals surface area (Å²) in [6, 6.07) is 45.0. The summed E-state index contributed by atoms with van der Waals surface area (Å²) < 4.78 is 0. The Bertz CT molecular complexity index is 2630. The van der Waals surface area contributed by atoms with Crippen LogP contribution < -0.4 is 0 Å². The first-order chi connectivity index (χ1) is 19.8. The zero-order chi connectivity index (χ0) is 25.9. The molecule has 0 radical (unpaired) electrons. The summed E-state index contributed by atoms with van der Waals surface area (Å²) in [5, 5.41) is 21.2. The Morgan fingerprint density at radius 3 is 1.55 bits per heavy atom. The van der Waals surface area contributed by atoms with Gasteiger partial charge < -0.3 is 0 Å². The third-order valence-electron chi connectivity index (χ3n) is 9.14. The standard InChI is InChI=1S/C39H21N/c1-2-8-25-22(7-1)17-36-35-21-24-18-32-29-11-6-10-28-26(37-13-3-4-16-40-37)14-15-31(38(28)29)34(32)20-23(24)19-33(35)30-12-5-9-27(25)39(30)36/h1-21H. The van der Waals surface area contributed by atoms with Gasteiger partial charge in [0.05, 0.1) is 5.69 Å². The second kappa shape index (κ2) is 7.22. The van der Waals surface area contributed by atoms with Crippen LogP contribution in [0.3, 0.4) is 0 Å². The lowest BCUT2D eigenvalue weighted by Crippen LogP contribution is -1.84. The van der Waals surface area contributed by atoms with E-state index in [-0.39, 0.29) is 0 Å². The Balaban J connectivity index is 1.34. The number of pyridine rings is 1. The topological polar surface area (TPSA) is 12.9 Å². The zero-order valence-corrected chi connectivity index (χ0v) is 21.6. The van der Waals surface area contributed by atoms with E-state index in [4.69, 9.17) is 0 Å². The Kier molecular flexibility index (Phi) is 3.73. The van der Waals surface area contributed by atoms with Gasteiger partial charge in [-0.15, -0.1) is 0 Å². The Labute approximate surface area is 229 Å². The van der Waals surface area contributed by atoms with Gasteiger partial charge in [0.1, 0.15) is 0 Å². The Hall–Kier alpha value is -5.27. The van der Waals surface area contributed by atoms with Crippen molar-refractivity contribution in [2.45, 2.75) is 0 Å². The molecule has 0 unspecified atom stereocenters. The summed E-state index contributed by atoms with van der Waals surface area (Å²) in [5.41, 5.74) is 2.21. The second-order valence-corrected chi connectivity index (χ2v) is 11.1. The summed E-state index contributed by atoms with van der Waals surface area (Å²) in [6.07, 6.45) is 1.88. The molecule has 1 heteroatoms. The fraction of sp³-hybridized carbons (Fsp3) is 0. The number of aromatic nitrogens is 1. The van der Waals surface area contributed by atoms with Crippen molar-refractivity contribution in [1.82, 2.24) is 4.98 Å². The normalized spacial score (nSPS) is 12.5. The molecular weight excluding hydrogens is 482 g/mol. The van der Waals surface area contributed by atoms with Crippen LogP contribution in [0.4, 0.5) is 0 Å². The van der Waals surface area contributed by atoms with Crippen molar-refractivity contribution in [2.24, 2.45) is 0 Å². The third kappa shape index (κ3) is 2.50. The SMILES string of the molecule is c1ccc(-c2ccc3c4cc5cc6c(cc5cc4c4cccc2c34)c2cc3ccccc3c3cccc6c32)nc1. The van der Waals surface area contributed by atoms with Crippen molar-refractivity contribution in [3.63, 3.8) is 0 Å². The van der Waals surface area contributed by atoms with Crippen LogP contribution >= 0.6 is 0 Å². The lowest BCUT2D eigenvalue weighted by Gasteiger charge is -2.07. The lowest BCUT2D eigenvalue weighted by atomic mass is 9.99. The van der Waals surface area contributed by atoms with E-state index in [1.807, 2.05) is 12.3 Å². The van der Waals surface area contributed by atoms with E-state index in [0.717, 1.165) is 5.69 Å². The maximum atomic E-state index is 4.66. The van der Waals surface area contributed by atoms with Crippen molar-refractivity contribution in [3.05, 3.63) is 128 Å². The van der Waals surface area contributed by atoms with Gasteiger partial charge in [-0.1, -0.05) is 78.9 Å². The first-order valence-corrected chi connectivity index (χ1v) is 13.9. The predicted molar refractivity (Wildman–Crippen MR) is 172 cm³/mol. The van der Waals surface area contributed by atoms with Crippen LogP contribution in [0.25, 0.3) is 97.4 Å². The lowest BCUT2D eigenvalue weighted by molar-refractivity contribution is 1.33. The van der Waals surface area contributed by atoms with E-state index in [0.29, 0.717) is 0 Å². The summed E-state index contributed by atoms with van der Waals surface area (Å²) in [7, 11) is 0. The highest BCUT2D eigenvalue weighted by Crippen LogP contribution is 2.46. The van der Waals surface area contributed by atoms with E-state index in [1.165, 1.54) is 91.7 Å². The van der Waals surface area contributed by atoms with E-state index >= 15 is 0 Å². The number of rotatable bonds is 1. The average Bonchev–Trinajstić information content (AvgIpc) is 3.49. The molecule has 0 amide bonds. The van der Waals surface area contributed by atoms with Crippen LogP contribution in [0, 0.1) is 0 Å². The fourth-order valence-electron chi connectivity index (χ4n) is 7.44. The van der Waals surface area contributed by atoms with Crippen molar-refractivity contribution in [1.29, 1.82) is 0 Å². The largest absolute Gasteiger partial charge is 0.256 e. The molecule has 1 nitrogen and oxygen atoms in total. The van der Waals surface area contributed by atoms with Crippen LogP contribution in [-0.2, 0) is 0 Å². The molecule has 9 aromatic carbocycles. The Morgan fingerprint density at radius 1 is 0.325 bits per heavy atom. The molecule has 0 fully saturated rings. The molecule has 0 bridgehead atoms. The molecule has 0 atom stereocenters. The van der Waals surface area contributed by atoms with Gasteiger partial charge in [-0.25, -0.2) is 0 Å². The van der Waals surface area contributed by atoms with E-state index in [1.54, 1.807) is 0 Å². The minimum atomic E-state index is 1.02.